The van der Waals surface area contributed by atoms with Crippen molar-refractivity contribution in [1.82, 2.24) is 0 Å². The van der Waals surface area contributed by atoms with Crippen LogP contribution < -0.4 is 0 Å². The zero-order valence-electron chi connectivity index (χ0n) is 14.3. The van der Waals surface area contributed by atoms with Crippen molar-refractivity contribution >= 4 is 5.78 Å². The first-order valence-corrected chi connectivity index (χ1v) is 9.21. The molecule has 6 unspecified atom stereocenters. The van der Waals surface area contributed by atoms with Crippen LogP contribution in [0.5, 0.6) is 0 Å². The maximum absolute atomic E-state index is 15.1. The number of ketones is 1. The molecule has 0 spiro atoms. The number of hydrogen-bond donors (Lipinski definition) is 0. The zero-order chi connectivity index (χ0) is 15.8. The fraction of sp³-hybridized carbons (Fsp3) is 0.850. The van der Waals surface area contributed by atoms with Crippen LogP contribution in [-0.4, -0.2) is 11.5 Å². The van der Waals surface area contributed by atoms with Gasteiger partial charge in [-0.15, -0.1) is 0 Å². The molecule has 0 radical (unpaired) electrons. The molecule has 122 valence electrons. The number of hydrogen-bond acceptors (Lipinski definition) is 1. The highest BCUT2D eigenvalue weighted by Crippen LogP contribution is 2.68. The van der Waals surface area contributed by atoms with Crippen LogP contribution in [0.1, 0.15) is 72.1 Å². The molecule has 0 heterocycles. The van der Waals surface area contributed by atoms with Crippen molar-refractivity contribution < 1.29 is 9.18 Å². The van der Waals surface area contributed by atoms with Gasteiger partial charge < -0.3 is 0 Å². The van der Waals surface area contributed by atoms with Crippen LogP contribution in [0.15, 0.2) is 11.6 Å². The summed E-state index contributed by atoms with van der Waals surface area (Å²) < 4.78 is 15.1. The van der Waals surface area contributed by atoms with E-state index in [1.165, 1.54) is 12.0 Å². The largest absolute Gasteiger partial charge is 0.295 e. The van der Waals surface area contributed by atoms with Gasteiger partial charge in [0, 0.05) is 11.8 Å². The molecule has 4 aliphatic rings. The molecule has 0 bridgehead atoms. The number of halogens is 1. The van der Waals surface area contributed by atoms with Crippen LogP contribution in [0.2, 0.25) is 0 Å². The van der Waals surface area contributed by atoms with Crippen molar-refractivity contribution in [3.8, 4) is 0 Å². The van der Waals surface area contributed by atoms with Gasteiger partial charge in [0.2, 0.25) is 0 Å². The Morgan fingerprint density at radius 3 is 2.50 bits per heavy atom. The second-order valence-corrected chi connectivity index (χ2v) is 9.16. The minimum atomic E-state index is -0.984. The van der Waals surface area contributed by atoms with Crippen molar-refractivity contribution in [2.75, 3.05) is 0 Å². The molecule has 3 fully saturated rings. The Balaban J connectivity index is 1.70. The summed E-state index contributed by atoms with van der Waals surface area (Å²) >= 11 is 0. The molecule has 0 aromatic carbocycles. The molecule has 4 aliphatic carbocycles. The first-order valence-electron chi connectivity index (χ1n) is 9.21. The lowest BCUT2D eigenvalue weighted by Gasteiger charge is -2.58. The summed E-state index contributed by atoms with van der Waals surface area (Å²) in [5.41, 5.74) is 0.529. The van der Waals surface area contributed by atoms with Gasteiger partial charge in [0.25, 0.3) is 0 Å². The van der Waals surface area contributed by atoms with Crippen molar-refractivity contribution in [3.63, 3.8) is 0 Å². The molecule has 0 aliphatic heterocycles. The zero-order valence-corrected chi connectivity index (χ0v) is 14.3. The van der Waals surface area contributed by atoms with Gasteiger partial charge in [-0.2, -0.15) is 0 Å². The smallest absolute Gasteiger partial charge is 0.155 e. The first-order chi connectivity index (χ1) is 10.3. The predicted molar refractivity (Wildman–Crippen MR) is 86.2 cm³/mol. The quantitative estimate of drug-likeness (QED) is 0.597. The van der Waals surface area contributed by atoms with Gasteiger partial charge in [-0.1, -0.05) is 19.4 Å². The first kappa shape index (κ1) is 14.9. The van der Waals surface area contributed by atoms with E-state index < -0.39 is 5.67 Å². The maximum Gasteiger partial charge on any atom is 0.155 e. The second kappa shape index (κ2) is 4.45. The van der Waals surface area contributed by atoms with Crippen LogP contribution in [0.3, 0.4) is 0 Å². The Hall–Kier alpha value is -0.660. The van der Waals surface area contributed by atoms with Gasteiger partial charge in [0.1, 0.15) is 5.67 Å². The number of rotatable bonds is 0. The third-order valence-corrected chi connectivity index (χ3v) is 8.47. The number of carbonyl (C=O) groups excluding carboxylic acids is 1. The summed E-state index contributed by atoms with van der Waals surface area (Å²) in [7, 11) is 0. The van der Waals surface area contributed by atoms with Gasteiger partial charge in [-0.3, -0.25) is 4.79 Å². The van der Waals surface area contributed by atoms with Crippen molar-refractivity contribution in [3.05, 3.63) is 11.6 Å². The molecule has 22 heavy (non-hydrogen) atoms. The van der Waals surface area contributed by atoms with Crippen LogP contribution in [0.4, 0.5) is 4.39 Å². The van der Waals surface area contributed by atoms with E-state index >= 15 is 4.39 Å². The summed E-state index contributed by atoms with van der Waals surface area (Å²) in [4.78, 5) is 11.8. The summed E-state index contributed by atoms with van der Waals surface area (Å²) in [6, 6.07) is 0. The van der Waals surface area contributed by atoms with Crippen molar-refractivity contribution in [2.45, 2.75) is 77.8 Å². The maximum atomic E-state index is 15.1. The van der Waals surface area contributed by atoms with Gasteiger partial charge >= 0.3 is 0 Å². The molecule has 1 nitrogen and oxygen atoms in total. The molecule has 4 rings (SSSR count). The third kappa shape index (κ3) is 1.73. The molecule has 6 atom stereocenters. The van der Waals surface area contributed by atoms with Gasteiger partial charge in [-0.25, -0.2) is 4.39 Å². The van der Waals surface area contributed by atoms with Gasteiger partial charge in [-0.05, 0) is 81.1 Å². The van der Waals surface area contributed by atoms with Gasteiger partial charge in [0.15, 0.2) is 5.78 Å². The minimum absolute atomic E-state index is 0.115. The normalized spacial score (nSPS) is 54.3. The molecule has 3 saturated carbocycles. The molecule has 0 saturated heterocycles. The van der Waals surface area contributed by atoms with Crippen LogP contribution in [0, 0.1) is 28.6 Å². The van der Waals surface area contributed by atoms with Crippen LogP contribution >= 0.6 is 0 Å². The average Bonchev–Trinajstić information content (AvgIpc) is 2.70. The fourth-order valence-electron chi connectivity index (χ4n) is 6.77. The molecular formula is C20H29FO. The lowest BCUT2D eigenvalue weighted by Crippen LogP contribution is -2.52. The van der Waals surface area contributed by atoms with E-state index in [4.69, 9.17) is 0 Å². The topological polar surface area (TPSA) is 17.1 Å². The van der Waals surface area contributed by atoms with Crippen LogP contribution in [-0.2, 0) is 4.79 Å². The van der Waals surface area contributed by atoms with Crippen molar-refractivity contribution in [2.24, 2.45) is 28.6 Å². The molecular weight excluding hydrogens is 275 g/mol. The summed E-state index contributed by atoms with van der Waals surface area (Å²) in [5, 5.41) is 0. The van der Waals surface area contributed by atoms with E-state index in [2.05, 4.69) is 13.8 Å². The van der Waals surface area contributed by atoms with E-state index in [9.17, 15) is 4.79 Å². The second-order valence-electron chi connectivity index (χ2n) is 9.16. The summed E-state index contributed by atoms with van der Waals surface area (Å²) in [6.07, 6.45) is 9.94. The van der Waals surface area contributed by atoms with E-state index in [1.54, 1.807) is 0 Å². The highest BCUT2D eigenvalue weighted by Gasteiger charge is 2.63. The number of alkyl halides is 1. The summed E-state index contributed by atoms with van der Waals surface area (Å²) in [6.45, 7) is 6.47. The Morgan fingerprint density at radius 2 is 1.73 bits per heavy atom. The highest BCUT2D eigenvalue weighted by molar-refractivity contribution is 5.91. The van der Waals surface area contributed by atoms with Crippen molar-refractivity contribution in [1.29, 1.82) is 0 Å². The van der Waals surface area contributed by atoms with E-state index in [1.807, 2.05) is 13.0 Å². The Labute approximate surface area is 133 Å². The number of carbonyl (C=O) groups is 1. The average molecular weight is 304 g/mol. The fourth-order valence-corrected chi connectivity index (χ4v) is 6.77. The molecule has 2 heteroatoms. The monoisotopic (exact) mass is 304 g/mol. The Kier molecular flexibility index (Phi) is 3.02. The standard InChI is InChI=1S/C20H29FO/c1-18-9-6-14(22)12-13(18)4-5-15-16(18)7-10-19(2)17(15)8-11-20(19,3)21/h12,15-17H,4-11H2,1-3H3. The Bertz CT molecular complexity index is 548. The lowest BCUT2D eigenvalue weighted by molar-refractivity contribution is -0.118. The van der Waals surface area contributed by atoms with E-state index in [0.29, 0.717) is 30.0 Å². The van der Waals surface area contributed by atoms with E-state index in [-0.39, 0.29) is 10.8 Å². The molecule has 0 aromatic heterocycles. The SMILES string of the molecule is CC12CCC(=O)C=C1CCC1C2CCC2(C)C1CCC2(C)F. The van der Waals surface area contributed by atoms with E-state index in [0.717, 1.165) is 38.5 Å². The third-order valence-electron chi connectivity index (χ3n) is 8.47. The Morgan fingerprint density at radius 1 is 1.00 bits per heavy atom. The molecule has 0 aromatic rings. The van der Waals surface area contributed by atoms with Gasteiger partial charge in [0.05, 0.1) is 0 Å². The number of fused-ring (bicyclic) bond motifs is 5. The minimum Gasteiger partial charge on any atom is -0.295 e. The lowest BCUT2D eigenvalue weighted by atomic mass is 9.46. The highest BCUT2D eigenvalue weighted by atomic mass is 19.1. The molecule has 0 amide bonds. The number of allylic oxidation sites excluding steroid dienone is 1. The summed E-state index contributed by atoms with van der Waals surface area (Å²) in [5.74, 6) is 2.22. The van der Waals surface area contributed by atoms with Crippen LogP contribution in [0.25, 0.3) is 0 Å². The predicted octanol–water partition coefficient (Wildman–Crippen LogP) is 5.25. The molecule has 0 N–H and O–H groups in total.